The lowest BCUT2D eigenvalue weighted by Gasteiger charge is -2.34. The van der Waals surface area contributed by atoms with Crippen LogP contribution in [0.15, 0.2) is 0 Å². The molecule has 0 aromatic carbocycles. The normalized spacial score (nSPS) is 30.2. The smallest absolute Gasteiger partial charge is 0.0209 e. The van der Waals surface area contributed by atoms with Crippen molar-refractivity contribution < 1.29 is 0 Å². The van der Waals surface area contributed by atoms with Crippen molar-refractivity contribution >= 4 is 0 Å². The summed E-state index contributed by atoms with van der Waals surface area (Å²) in [6, 6.07) is 0. The minimum absolute atomic E-state index is 0.572. The van der Waals surface area contributed by atoms with Crippen LogP contribution in [0.5, 0.6) is 0 Å². The summed E-state index contributed by atoms with van der Waals surface area (Å²) in [5.41, 5.74) is 0.572. The molecule has 1 heteroatoms. The Bertz CT molecular complexity index is 200. The summed E-state index contributed by atoms with van der Waals surface area (Å²) < 4.78 is 0. The zero-order valence-electron chi connectivity index (χ0n) is 11.8. The van der Waals surface area contributed by atoms with Crippen LogP contribution in [-0.4, -0.2) is 12.1 Å². The van der Waals surface area contributed by atoms with Gasteiger partial charge in [0.2, 0.25) is 0 Å². The van der Waals surface area contributed by atoms with E-state index in [1.807, 2.05) is 0 Å². The molecule has 1 unspecified atom stereocenters. The Morgan fingerprint density at radius 1 is 1.00 bits per heavy atom. The number of rotatable bonds is 7. The van der Waals surface area contributed by atoms with Crippen LogP contribution >= 0.6 is 0 Å². The lowest BCUT2D eigenvalue weighted by Crippen LogP contribution is -2.46. The SMILES string of the molecule is CCCCCCCC1(C2CC2)CCCCCN1. The van der Waals surface area contributed by atoms with Crippen molar-refractivity contribution in [3.63, 3.8) is 0 Å². The van der Waals surface area contributed by atoms with Crippen molar-refractivity contribution in [2.24, 2.45) is 5.92 Å². The summed E-state index contributed by atoms with van der Waals surface area (Å²) in [5, 5.41) is 3.95. The molecule has 0 radical (unpaired) electrons. The minimum Gasteiger partial charge on any atom is -0.311 e. The Morgan fingerprint density at radius 3 is 2.59 bits per heavy atom. The van der Waals surface area contributed by atoms with E-state index in [2.05, 4.69) is 12.2 Å². The topological polar surface area (TPSA) is 12.0 Å². The summed E-state index contributed by atoms with van der Waals surface area (Å²) in [6.07, 6.45) is 17.4. The molecule has 0 spiro atoms. The third kappa shape index (κ3) is 3.98. The maximum atomic E-state index is 3.95. The first kappa shape index (κ1) is 13.4. The van der Waals surface area contributed by atoms with Gasteiger partial charge in [0, 0.05) is 5.54 Å². The molecular formula is C16H31N. The van der Waals surface area contributed by atoms with Crippen LogP contribution in [0, 0.1) is 5.92 Å². The van der Waals surface area contributed by atoms with Gasteiger partial charge < -0.3 is 5.32 Å². The van der Waals surface area contributed by atoms with Gasteiger partial charge in [0.05, 0.1) is 0 Å². The molecule has 0 amide bonds. The monoisotopic (exact) mass is 237 g/mol. The standard InChI is InChI=1S/C16H31N/c1-2-3-4-5-7-12-16(15-10-11-15)13-8-6-9-14-17-16/h15,17H,2-14H2,1H3. The number of nitrogens with one attached hydrogen (secondary N) is 1. The summed E-state index contributed by atoms with van der Waals surface area (Å²) in [4.78, 5) is 0. The predicted molar refractivity (Wildman–Crippen MR) is 75.3 cm³/mol. The zero-order valence-corrected chi connectivity index (χ0v) is 11.8. The van der Waals surface area contributed by atoms with Crippen molar-refractivity contribution in [3.8, 4) is 0 Å². The van der Waals surface area contributed by atoms with E-state index in [4.69, 9.17) is 0 Å². The molecule has 1 nitrogen and oxygen atoms in total. The van der Waals surface area contributed by atoms with Gasteiger partial charge in [-0.1, -0.05) is 51.9 Å². The average Bonchev–Trinajstić information content (AvgIpc) is 3.16. The molecule has 17 heavy (non-hydrogen) atoms. The highest BCUT2D eigenvalue weighted by atomic mass is 15.0. The fourth-order valence-electron chi connectivity index (χ4n) is 3.61. The first-order valence-electron chi connectivity index (χ1n) is 8.12. The summed E-state index contributed by atoms with van der Waals surface area (Å²) in [6.45, 7) is 3.59. The number of hydrogen-bond donors (Lipinski definition) is 1. The van der Waals surface area contributed by atoms with Crippen LogP contribution in [0.4, 0.5) is 0 Å². The van der Waals surface area contributed by atoms with Gasteiger partial charge in [0.15, 0.2) is 0 Å². The highest BCUT2D eigenvalue weighted by Gasteiger charge is 2.44. The largest absolute Gasteiger partial charge is 0.311 e. The van der Waals surface area contributed by atoms with Gasteiger partial charge in [-0.2, -0.15) is 0 Å². The predicted octanol–water partition coefficient (Wildman–Crippen LogP) is 4.66. The molecular weight excluding hydrogens is 206 g/mol. The summed E-state index contributed by atoms with van der Waals surface area (Å²) in [5.74, 6) is 1.03. The highest BCUT2D eigenvalue weighted by molar-refractivity contribution is 5.01. The molecule has 100 valence electrons. The minimum atomic E-state index is 0.572. The Morgan fingerprint density at radius 2 is 1.82 bits per heavy atom. The third-order valence-electron chi connectivity index (χ3n) is 4.86. The van der Waals surface area contributed by atoms with Crippen molar-refractivity contribution in [2.75, 3.05) is 6.54 Å². The van der Waals surface area contributed by atoms with Crippen molar-refractivity contribution in [1.29, 1.82) is 0 Å². The Balaban J connectivity index is 1.75. The van der Waals surface area contributed by atoms with Gasteiger partial charge in [-0.3, -0.25) is 0 Å². The Labute approximate surface area is 108 Å². The lowest BCUT2D eigenvalue weighted by molar-refractivity contribution is 0.245. The number of hydrogen-bond acceptors (Lipinski definition) is 1. The second-order valence-electron chi connectivity index (χ2n) is 6.33. The van der Waals surface area contributed by atoms with Crippen molar-refractivity contribution in [3.05, 3.63) is 0 Å². The Kier molecular flexibility index (Phi) is 5.34. The van der Waals surface area contributed by atoms with Gasteiger partial charge in [-0.25, -0.2) is 0 Å². The molecule has 1 saturated carbocycles. The molecule has 0 aromatic rings. The fourth-order valence-corrected chi connectivity index (χ4v) is 3.61. The number of unbranched alkanes of at least 4 members (excludes halogenated alkanes) is 4. The maximum Gasteiger partial charge on any atom is 0.0209 e. The molecule has 1 aliphatic heterocycles. The molecule has 1 saturated heterocycles. The quantitative estimate of drug-likeness (QED) is 0.635. The molecule has 2 fully saturated rings. The molecule has 1 atom stereocenters. The van der Waals surface area contributed by atoms with E-state index < -0.39 is 0 Å². The highest BCUT2D eigenvalue weighted by Crippen LogP contribution is 2.46. The van der Waals surface area contributed by atoms with Crippen LogP contribution in [0.1, 0.15) is 84.0 Å². The third-order valence-corrected chi connectivity index (χ3v) is 4.86. The molecule has 2 rings (SSSR count). The average molecular weight is 237 g/mol. The van der Waals surface area contributed by atoms with Crippen LogP contribution < -0.4 is 5.32 Å². The lowest BCUT2D eigenvalue weighted by atomic mass is 9.83. The van der Waals surface area contributed by atoms with Crippen LogP contribution in [0.2, 0.25) is 0 Å². The first-order valence-corrected chi connectivity index (χ1v) is 8.12. The second kappa shape index (κ2) is 6.78. The van der Waals surface area contributed by atoms with Gasteiger partial charge in [-0.05, 0) is 44.6 Å². The van der Waals surface area contributed by atoms with E-state index in [1.165, 1.54) is 83.6 Å². The Hall–Kier alpha value is -0.0400. The van der Waals surface area contributed by atoms with Gasteiger partial charge in [0.1, 0.15) is 0 Å². The summed E-state index contributed by atoms with van der Waals surface area (Å²) in [7, 11) is 0. The van der Waals surface area contributed by atoms with Gasteiger partial charge >= 0.3 is 0 Å². The second-order valence-corrected chi connectivity index (χ2v) is 6.33. The van der Waals surface area contributed by atoms with E-state index >= 15 is 0 Å². The van der Waals surface area contributed by atoms with E-state index in [-0.39, 0.29) is 0 Å². The van der Waals surface area contributed by atoms with E-state index in [9.17, 15) is 0 Å². The van der Waals surface area contributed by atoms with E-state index in [1.54, 1.807) is 0 Å². The molecule has 0 bridgehead atoms. The van der Waals surface area contributed by atoms with Crippen LogP contribution in [-0.2, 0) is 0 Å². The van der Waals surface area contributed by atoms with Crippen LogP contribution in [0.25, 0.3) is 0 Å². The fraction of sp³-hybridized carbons (Fsp3) is 1.00. The van der Waals surface area contributed by atoms with E-state index in [0.717, 1.165) is 5.92 Å². The van der Waals surface area contributed by atoms with Crippen LogP contribution in [0.3, 0.4) is 0 Å². The zero-order chi connectivity index (χ0) is 12.0. The van der Waals surface area contributed by atoms with Gasteiger partial charge in [0.25, 0.3) is 0 Å². The molecule has 1 N–H and O–H groups in total. The van der Waals surface area contributed by atoms with Gasteiger partial charge in [-0.15, -0.1) is 0 Å². The first-order chi connectivity index (χ1) is 8.37. The van der Waals surface area contributed by atoms with E-state index in [0.29, 0.717) is 5.54 Å². The molecule has 1 aliphatic carbocycles. The molecule has 1 heterocycles. The van der Waals surface area contributed by atoms with Crippen molar-refractivity contribution in [2.45, 2.75) is 89.5 Å². The molecule has 0 aromatic heterocycles. The van der Waals surface area contributed by atoms with Crippen molar-refractivity contribution in [1.82, 2.24) is 5.32 Å². The molecule has 2 aliphatic rings. The maximum absolute atomic E-state index is 3.95. The summed E-state index contributed by atoms with van der Waals surface area (Å²) >= 11 is 0.